The number of hydrogen-bond donors (Lipinski definition) is 0. The number of imidazole rings is 1. The predicted octanol–water partition coefficient (Wildman–Crippen LogP) is 3.90. The zero-order chi connectivity index (χ0) is 19.5. The van der Waals surface area contributed by atoms with Crippen molar-refractivity contribution in [2.75, 3.05) is 31.1 Å². The number of aryl methyl sites for hydroxylation is 1. The van der Waals surface area contributed by atoms with Crippen LogP contribution in [0.2, 0.25) is 0 Å². The van der Waals surface area contributed by atoms with Crippen LogP contribution in [0.1, 0.15) is 31.7 Å². The van der Waals surface area contributed by atoms with Gasteiger partial charge in [0.1, 0.15) is 0 Å². The summed E-state index contributed by atoms with van der Waals surface area (Å²) in [6.07, 6.45) is 0.828. The van der Waals surface area contributed by atoms with Crippen LogP contribution in [0.15, 0.2) is 54.6 Å². The molecular weight excluding hydrogens is 348 g/mol. The van der Waals surface area contributed by atoms with Gasteiger partial charge in [-0.1, -0.05) is 49.4 Å². The van der Waals surface area contributed by atoms with Crippen LogP contribution in [-0.2, 0) is 11.3 Å². The Balaban J connectivity index is 1.48. The van der Waals surface area contributed by atoms with Crippen LogP contribution in [0.3, 0.4) is 0 Å². The second-order valence-corrected chi connectivity index (χ2v) is 7.33. The lowest BCUT2D eigenvalue weighted by Gasteiger charge is -2.37. The number of rotatable bonds is 5. The molecule has 0 spiro atoms. The van der Waals surface area contributed by atoms with Gasteiger partial charge in [-0.3, -0.25) is 4.79 Å². The quantitative estimate of drug-likeness (QED) is 0.678. The molecule has 4 rings (SSSR count). The summed E-state index contributed by atoms with van der Waals surface area (Å²) < 4.78 is 2.27. The number of aromatic nitrogens is 2. The van der Waals surface area contributed by atoms with Crippen molar-refractivity contribution in [3.63, 3.8) is 0 Å². The minimum absolute atomic E-state index is 0.0482. The lowest BCUT2D eigenvalue weighted by atomic mass is 9.95. The van der Waals surface area contributed by atoms with Gasteiger partial charge in [0.15, 0.2) is 0 Å². The highest BCUT2D eigenvalue weighted by molar-refractivity contribution is 5.84. The van der Waals surface area contributed by atoms with Gasteiger partial charge >= 0.3 is 0 Å². The van der Waals surface area contributed by atoms with E-state index in [2.05, 4.69) is 53.6 Å². The number of carbonyl (C=O) groups is 1. The van der Waals surface area contributed by atoms with Crippen molar-refractivity contribution in [1.82, 2.24) is 14.5 Å². The summed E-state index contributed by atoms with van der Waals surface area (Å²) in [5.41, 5.74) is 3.33. The van der Waals surface area contributed by atoms with E-state index in [4.69, 9.17) is 4.98 Å². The van der Waals surface area contributed by atoms with E-state index < -0.39 is 0 Å². The van der Waals surface area contributed by atoms with Gasteiger partial charge in [-0.05, 0) is 31.0 Å². The van der Waals surface area contributed by atoms with E-state index in [-0.39, 0.29) is 11.8 Å². The maximum atomic E-state index is 13.1. The van der Waals surface area contributed by atoms with Gasteiger partial charge in [-0.2, -0.15) is 0 Å². The number of para-hydroxylation sites is 2. The molecule has 0 bridgehead atoms. The average molecular weight is 377 g/mol. The van der Waals surface area contributed by atoms with E-state index >= 15 is 0 Å². The number of anilines is 1. The van der Waals surface area contributed by atoms with Crippen molar-refractivity contribution >= 4 is 22.9 Å². The Morgan fingerprint density at radius 2 is 1.64 bits per heavy atom. The molecule has 1 fully saturated rings. The fourth-order valence-electron chi connectivity index (χ4n) is 4.20. The summed E-state index contributed by atoms with van der Waals surface area (Å²) in [6, 6.07) is 18.4. The largest absolute Gasteiger partial charge is 0.339 e. The van der Waals surface area contributed by atoms with Crippen LogP contribution in [0.25, 0.3) is 11.0 Å². The fourth-order valence-corrected chi connectivity index (χ4v) is 4.20. The van der Waals surface area contributed by atoms with Crippen molar-refractivity contribution < 1.29 is 4.79 Å². The lowest BCUT2D eigenvalue weighted by molar-refractivity contribution is -0.133. The Hall–Kier alpha value is -2.82. The molecule has 1 atom stereocenters. The van der Waals surface area contributed by atoms with E-state index in [1.807, 2.05) is 29.2 Å². The number of amides is 1. The molecule has 0 radical (unpaired) electrons. The lowest BCUT2D eigenvalue weighted by Crippen LogP contribution is -2.50. The van der Waals surface area contributed by atoms with Gasteiger partial charge in [0, 0.05) is 32.7 Å². The monoisotopic (exact) mass is 376 g/mol. The molecule has 1 aliphatic heterocycles. The molecule has 1 saturated heterocycles. The van der Waals surface area contributed by atoms with Gasteiger partial charge in [-0.15, -0.1) is 0 Å². The molecule has 1 unspecified atom stereocenters. The van der Waals surface area contributed by atoms with Crippen molar-refractivity contribution in [2.24, 2.45) is 0 Å². The zero-order valence-electron chi connectivity index (χ0n) is 16.7. The summed E-state index contributed by atoms with van der Waals surface area (Å²) in [5, 5.41) is 0. The fraction of sp³-hybridized carbons (Fsp3) is 0.391. The van der Waals surface area contributed by atoms with Gasteiger partial charge in [-0.25, -0.2) is 4.98 Å². The molecule has 2 heterocycles. The molecule has 0 aliphatic carbocycles. The molecule has 5 nitrogen and oxygen atoms in total. The van der Waals surface area contributed by atoms with Crippen LogP contribution in [-0.4, -0.2) is 46.5 Å². The zero-order valence-corrected chi connectivity index (χ0v) is 16.7. The maximum absolute atomic E-state index is 13.1. The smallest absolute Gasteiger partial charge is 0.230 e. The second kappa shape index (κ2) is 8.05. The third-order valence-electron chi connectivity index (χ3n) is 5.73. The molecule has 28 heavy (non-hydrogen) atoms. The summed E-state index contributed by atoms with van der Waals surface area (Å²) in [4.78, 5) is 22.3. The Morgan fingerprint density at radius 3 is 2.32 bits per heavy atom. The number of nitrogens with zero attached hydrogens (tertiary/aromatic N) is 4. The average Bonchev–Trinajstić information content (AvgIpc) is 3.14. The maximum Gasteiger partial charge on any atom is 0.230 e. The van der Waals surface area contributed by atoms with Crippen LogP contribution in [0.4, 0.5) is 5.95 Å². The second-order valence-electron chi connectivity index (χ2n) is 7.33. The molecule has 0 N–H and O–H groups in total. The number of benzene rings is 2. The van der Waals surface area contributed by atoms with E-state index in [0.717, 1.165) is 56.2 Å². The Labute approximate surface area is 166 Å². The first-order chi connectivity index (χ1) is 13.7. The predicted molar refractivity (Wildman–Crippen MR) is 114 cm³/mol. The molecule has 0 saturated carbocycles. The number of carbonyl (C=O) groups excluding carboxylic acids is 1. The van der Waals surface area contributed by atoms with E-state index in [9.17, 15) is 4.79 Å². The van der Waals surface area contributed by atoms with E-state index in [1.165, 1.54) is 5.52 Å². The Morgan fingerprint density at radius 1 is 0.964 bits per heavy atom. The first-order valence-electron chi connectivity index (χ1n) is 10.3. The minimum Gasteiger partial charge on any atom is -0.339 e. The summed E-state index contributed by atoms with van der Waals surface area (Å²) in [5.74, 6) is 1.22. The highest BCUT2D eigenvalue weighted by atomic mass is 16.2. The normalized spacial score (nSPS) is 15.8. The van der Waals surface area contributed by atoms with Gasteiger partial charge in [0.05, 0.1) is 17.0 Å². The van der Waals surface area contributed by atoms with Gasteiger partial charge in [0.25, 0.3) is 0 Å². The molecule has 1 amide bonds. The number of hydrogen-bond acceptors (Lipinski definition) is 3. The van der Waals surface area contributed by atoms with E-state index in [0.29, 0.717) is 0 Å². The third-order valence-corrected chi connectivity index (χ3v) is 5.73. The molecule has 1 aliphatic rings. The van der Waals surface area contributed by atoms with Gasteiger partial charge in [0.2, 0.25) is 11.9 Å². The van der Waals surface area contributed by atoms with Crippen LogP contribution in [0, 0.1) is 0 Å². The first-order valence-corrected chi connectivity index (χ1v) is 10.3. The summed E-state index contributed by atoms with van der Waals surface area (Å²) >= 11 is 0. The Kier molecular flexibility index (Phi) is 5.33. The molecule has 146 valence electrons. The van der Waals surface area contributed by atoms with Crippen LogP contribution in [0.5, 0.6) is 0 Å². The minimum atomic E-state index is -0.0482. The van der Waals surface area contributed by atoms with Crippen molar-refractivity contribution in [3.8, 4) is 0 Å². The van der Waals surface area contributed by atoms with Crippen molar-refractivity contribution in [1.29, 1.82) is 0 Å². The standard InChI is InChI=1S/C23H28N4O/c1-3-19(18-10-6-5-7-11-18)22(28)25-14-16-26(17-15-25)23-24-20-12-8-9-13-21(20)27(23)4-2/h5-13,19H,3-4,14-17H2,1-2H3. The molecular formula is C23H28N4O. The summed E-state index contributed by atoms with van der Waals surface area (Å²) in [7, 11) is 0. The summed E-state index contributed by atoms with van der Waals surface area (Å²) in [6.45, 7) is 8.27. The molecule has 3 aromatic rings. The number of piperazine rings is 1. The van der Waals surface area contributed by atoms with Crippen LogP contribution < -0.4 is 4.90 Å². The Bertz CT molecular complexity index is 942. The van der Waals surface area contributed by atoms with Crippen molar-refractivity contribution in [3.05, 3.63) is 60.2 Å². The topological polar surface area (TPSA) is 41.4 Å². The highest BCUT2D eigenvalue weighted by Crippen LogP contribution is 2.26. The van der Waals surface area contributed by atoms with Crippen LogP contribution >= 0.6 is 0 Å². The molecule has 2 aromatic carbocycles. The molecule has 5 heteroatoms. The highest BCUT2D eigenvalue weighted by Gasteiger charge is 2.29. The first kappa shape index (κ1) is 18.5. The SMILES string of the molecule is CCC(C(=O)N1CCN(c2nc3ccccc3n2CC)CC1)c1ccccc1. The molecule has 1 aromatic heterocycles. The number of fused-ring (bicyclic) bond motifs is 1. The van der Waals surface area contributed by atoms with E-state index in [1.54, 1.807) is 0 Å². The third kappa shape index (κ3) is 3.37. The van der Waals surface area contributed by atoms with Crippen molar-refractivity contribution in [2.45, 2.75) is 32.7 Å². The van der Waals surface area contributed by atoms with Gasteiger partial charge < -0.3 is 14.4 Å².